The maximum absolute atomic E-state index is 12.5. The SMILES string of the molecule is CC(C)C1COC(=O)N1C1CCN(C(=O)CCCOCc2ccccc2)CC1. The lowest BCUT2D eigenvalue weighted by Gasteiger charge is -2.38. The maximum Gasteiger partial charge on any atom is 0.410 e. The molecule has 1 aromatic rings. The highest BCUT2D eigenvalue weighted by molar-refractivity contribution is 5.76. The molecule has 0 spiro atoms. The van der Waals surface area contributed by atoms with Gasteiger partial charge in [-0.25, -0.2) is 4.79 Å². The van der Waals surface area contributed by atoms with Crippen molar-refractivity contribution >= 4 is 12.0 Å². The van der Waals surface area contributed by atoms with E-state index >= 15 is 0 Å². The second kappa shape index (κ2) is 9.92. The zero-order valence-corrected chi connectivity index (χ0v) is 17.0. The molecule has 28 heavy (non-hydrogen) atoms. The molecule has 0 bridgehead atoms. The Labute approximate surface area is 167 Å². The highest BCUT2D eigenvalue weighted by atomic mass is 16.6. The van der Waals surface area contributed by atoms with E-state index in [0.717, 1.165) is 24.8 Å². The largest absolute Gasteiger partial charge is 0.447 e. The van der Waals surface area contributed by atoms with Gasteiger partial charge in [-0.1, -0.05) is 44.2 Å². The number of nitrogens with zero attached hydrogens (tertiary/aromatic N) is 2. The number of amides is 2. The van der Waals surface area contributed by atoms with Crippen molar-refractivity contribution in [2.75, 3.05) is 26.3 Å². The summed E-state index contributed by atoms with van der Waals surface area (Å²) in [5.41, 5.74) is 1.15. The molecule has 0 radical (unpaired) electrons. The van der Waals surface area contributed by atoms with Gasteiger partial charge in [-0.3, -0.25) is 9.69 Å². The number of ether oxygens (including phenoxy) is 2. The fourth-order valence-electron chi connectivity index (χ4n) is 4.02. The third-order valence-corrected chi connectivity index (χ3v) is 5.72. The van der Waals surface area contributed by atoms with Crippen LogP contribution in [0.3, 0.4) is 0 Å². The Morgan fingerprint density at radius 2 is 1.93 bits per heavy atom. The second-order valence-corrected chi connectivity index (χ2v) is 8.05. The molecule has 2 amide bonds. The second-order valence-electron chi connectivity index (χ2n) is 8.05. The Morgan fingerprint density at radius 1 is 1.21 bits per heavy atom. The van der Waals surface area contributed by atoms with Gasteiger partial charge < -0.3 is 14.4 Å². The number of rotatable bonds is 8. The fourth-order valence-corrected chi connectivity index (χ4v) is 4.02. The number of cyclic esters (lactones) is 1. The van der Waals surface area contributed by atoms with Crippen LogP contribution in [0.15, 0.2) is 30.3 Å². The van der Waals surface area contributed by atoms with Gasteiger partial charge in [-0.15, -0.1) is 0 Å². The van der Waals surface area contributed by atoms with Crippen molar-refractivity contribution in [2.24, 2.45) is 5.92 Å². The third-order valence-electron chi connectivity index (χ3n) is 5.72. The monoisotopic (exact) mass is 388 g/mol. The van der Waals surface area contributed by atoms with Crippen molar-refractivity contribution in [3.63, 3.8) is 0 Å². The zero-order chi connectivity index (χ0) is 19.9. The summed E-state index contributed by atoms with van der Waals surface area (Å²) in [5.74, 6) is 0.563. The predicted octanol–water partition coefficient (Wildman–Crippen LogP) is 3.45. The van der Waals surface area contributed by atoms with E-state index in [-0.39, 0.29) is 24.1 Å². The van der Waals surface area contributed by atoms with Crippen molar-refractivity contribution in [3.8, 4) is 0 Å². The number of carbonyl (C=O) groups is 2. The lowest BCUT2D eigenvalue weighted by atomic mass is 9.97. The third kappa shape index (κ3) is 5.25. The van der Waals surface area contributed by atoms with Crippen LogP contribution in [0.1, 0.15) is 45.1 Å². The molecule has 2 heterocycles. The number of benzene rings is 1. The minimum Gasteiger partial charge on any atom is -0.447 e. The summed E-state index contributed by atoms with van der Waals surface area (Å²) in [6, 6.07) is 10.4. The zero-order valence-electron chi connectivity index (χ0n) is 17.0. The minimum atomic E-state index is -0.195. The van der Waals surface area contributed by atoms with Gasteiger partial charge >= 0.3 is 6.09 Å². The number of hydrogen-bond acceptors (Lipinski definition) is 4. The van der Waals surface area contributed by atoms with Crippen molar-refractivity contribution in [3.05, 3.63) is 35.9 Å². The molecule has 6 nitrogen and oxygen atoms in total. The molecule has 2 aliphatic heterocycles. The van der Waals surface area contributed by atoms with Crippen molar-refractivity contribution in [2.45, 2.75) is 58.2 Å². The first-order valence-corrected chi connectivity index (χ1v) is 10.4. The van der Waals surface area contributed by atoms with E-state index in [1.54, 1.807) is 0 Å². The normalized spacial score (nSPS) is 20.7. The van der Waals surface area contributed by atoms with Crippen LogP contribution in [0, 0.1) is 5.92 Å². The Morgan fingerprint density at radius 3 is 2.61 bits per heavy atom. The lowest BCUT2D eigenvalue weighted by molar-refractivity contribution is -0.133. The highest BCUT2D eigenvalue weighted by Crippen LogP contribution is 2.27. The Hall–Kier alpha value is -2.08. The molecule has 1 unspecified atom stereocenters. The standard InChI is InChI=1S/C22H32N2O4/c1-17(2)20-16-28-22(26)24(20)19-10-12-23(13-11-19)21(25)9-6-14-27-15-18-7-4-3-5-8-18/h3-5,7-8,17,19-20H,6,9-16H2,1-2H3. The molecular weight excluding hydrogens is 356 g/mol. The average Bonchev–Trinajstić information content (AvgIpc) is 3.10. The molecule has 2 saturated heterocycles. The van der Waals surface area contributed by atoms with Crippen LogP contribution in [-0.4, -0.2) is 60.2 Å². The summed E-state index contributed by atoms with van der Waals surface area (Å²) < 4.78 is 10.9. The van der Waals surface area contributed by atoms with Crippen LogP contribution in [0.5, 0.6) is 0 Å². The van der Waals surface area contributed by atoms with E-state index in [4.69, 9.17) is 9.47 Å². The van der Waals surface area contributed by atoms with E-state index in [9.17, 15) is 9.59 Å². The van der Waals surface area contributed by atoms with Gasteiger partial charge in [0.05, 0.1) is 12.6 Å². The molecule has 1 aromatic carbocycles. The van der Waals surface area contributed by atoms with E-state index in [2.05, 4.69) is 13.8 Å². The number of carbonyl (C=O) groups excluding carboxylic acids is 2. The van der Waals surface area contributed by atoms with Crippen LogP contribution in [0.25, 0.3) is 0 Å². The predicted molar refractivity (Wildman–Crippen MR) is 107 cm³/mol. The minimum absolute atomic E-state index is 0.154. The lowest BCUT2D eigenvalue weighted by Crippen LogP contribution is -2.50. The smallest absolute Gasteiger partial charge is 0.410 e. The van der Waals surface area contributed by atoms with Crippen molar-refractivity contribution in [1.29, 1.82) is 0 Å². The molecule has 154 valence electrons. The molecule has 3 rings (SSSR count). The summed E-state index contributed by atoms with van der Waals surface area (Å²) in [5, 5.41) is 0. The summed E-state index contributed by atoms with van der Waals surface area (Å²) in [6.07, 6.45) is 2.71. The van der Waals surface area contributed by atoms with Crippen LogP contribution in [0.2, 0.25) is 0 Å². The number of likely N-dealkylation sites (tertiary alicyclic amines) is 1. The fraction of sp³-hybridized carbons (Fsp3) is 0.636. The first kappa shape index (κ1) is 20.6. The summed E-state index contributed by atoms with van der Waals surface area (Å²) in [7, 11) is 0. The van der Waals surface area contributed by atoms with Gasteiger partial charge in [-0.2, -0.15) is 0 Å². The topological polar surface area (TPSA) is 59.1 Å². The maximum atomic E-state index is 12.5. The molecule has 0 saturated carbocycles. The molecule has 6 heteroatoms. The van der Waals surface area contributed by atoms with E-state index in [1.165, 1.54) is 0 Å². The van der Waals surface area contributed by atoms with Gasteiger partial charge in [-0.05, 0) is 30.7 Å². The summed E-state index contributed by atoms with van der Waals surface area (Å²) in [6.45, 7) is 7.33. The Balaban J connectivity index is 1.35. The first-order chi connectivity index (χ1) is 13.6. The van der Waals surface area contributed by atoms with Gasteiger partial charge in [0.1, 0.15) is 6.61 Å². The van der Waals surface area contributed by atoms with Crippen LogP contribution in [-0.2, 0) is 20.9 Å². The van der Waals surface area contributed by atoms with Crippen molar-refractivity contribution in [1.82, 2.24) is 9.80 Å². The molecule has 2 aliphatic rings. The summed E-state index contributed by atoms with van der Waals surface area (Å²) >= 11 is 0. The van der Waals surface area contributed by atoms with Crippen LogP contribution in [0.4, 0.5) is 4.79 Å². The number of hydrogen-bond donors (Lipinski definition) is 0. The van der Waals surface area contributed by atoms with Gasteiger partial charge in [0.25, 0.3) is 0 Å². The van der Waals surface area contributed by atoms with Gasteiger partial charge in [0, 0.05) is 32.2 Å². The quantitative estimate of drug-likeness (QED) is 0.640. The molecule has 0 N–H and O–H groups in total. The van der Waals surface area contributed by atoms with Gasteiger partial charge in [0.15, 0.2) is 0 Å². The molecule has 0 aliphatic carbocycles. The first-order valence-electron chi connectivity index (χ1n) is 10.4. The molecule has 2 fully saturated rings. The van der Waals surface area contributed by atoms with E-state index in [1.807, 2.05) is 40.1 Å². The van der Waals surface area contributed by atoms with E-state index < -0.39 is 0 Å². The molecule has 1 atom stereocenters. The van der Waals surface area contributed by atoms with Crippen LogP contribution < -0.4 is 0 Å². The average molecular weight is 389 g/mol. The molecule has 0 aromatic heterocycles. The van der Waals surface area contributed by atoms with Gasteiger partial charge in [0.2, 0.25) is 5.91 Å². The Kier molecular flexibility index (Phi) is 7.31. The van der Waals surface area contributed by atoms with E-state index in [0.29, 0.717) is 45.2 Å². The van der Waals surface area contributed by atoms with Crippen molar-refractivity contribution < 1.29 is 19.1 Å². The number of piperidine rings is 1. The highest BCUT2D eigenvalue weighted by Gasteiger charge is 2.40. The molecular formula is C22H32N2O4. The Bertz CT molecular complexity index is 641. The van der Waals surface area contributed by atoms with Crippen LogP contribution >= 0.6 is 0 Å². The summed E-state index contributed by atoms with van der Waals surface area (Å²) in [4.78, 5) is 28.4.